The molecule has 1 aromatic heterocycles. The van der Waals surface area contributed by atoms with Gasteiger partial charge < -0.3 is 10.6 Å². The minimum Gasteiger partial charge on any atom is -0.396 e. The van der Waals surface area contributed by atoms with Gasteiger partial charge in [0, 0.05) is 18.5 Å². The van der Waals surface area contributed by atoms with E-state index >= 15 is 0 Å². The Labute approximate surface area is 119 Å². The molecule has 4 nitrogen and oxygen atoms in total. The summed E-state index contributed by atoms with van der Waals surface area (Å²) in [6.07, 6.45) is 2.19. The second-order valence-corrected chi connectivity index (χ2v) is 5.33. The molecule has 2 N–H and O–H groups in total. The van der Waals surface area contributed by atoms with Gasteiger partial charge in [0.1, 0.15) is 0 Å². The molecule has 0 aliphatic heterocycles. The Morgan fingerprint density at radius 2 is 2.10 bits per heavy atom. The van der Waals surface area contributed by atoms with Crippen LogP contribution in [0.3, 0.4) is 0 Å². The van der Waals surface area contributed by atoms with Crippen molar-refractivity contribution in [1.82, 2.24) is 4.98 Å². The molecular weight excluding hydrogens is 248 g/mol. The molecule has 0 saturated heterocycles. The Morgan fingerprint density at radius 3 is 2.80 bits per heavy atom. The fraction of sp³-hybridized carbons (Fsp3) is 0.375. The molecule has 2 aromatic rings. The van der Waals surface area contributed by atoms with Gasteiger partial charge in [-0.05, 0) is 12.0 Å². The number of nitriles is 1. The number of benzene rings is 1. The number of para-hydroxylation sites is 1. The lowest BCUT2D eigenvalue weighted by Crippen LogP contribution is -2.29. The zero-order valence-electron chi connectivity index (χ0n) is 12.0. The number of pyridine rings is 1. The van der Waals surface area contributed by atoms with Crippen molar-refractivity contribution in [3.05, 3.63) is 30.5 Å². The van der Waals surface area contributed by atoms with Gasteiger partial charge in [0.15, 0.2) is 0 Å². The first-order chi connectivity index (χ1) is 9.63. The second-order valence-electron chi connectivity index (χ2n) is 5.33. The summed E-state index contributed by atoms with van der Waals surface area (Å²) in [5.41, 5.74) is 8.75. The highest BCUT2D eigenvalue weighted by Gasteiger charge is 2.15. The molecule has 0 radical (unpaired) electrons. The van der Waals surface area contributed by atoms with E-state index in [0.717, 1.165) is 23.1 Å². The first-order valence-corrected chi connectivity index (χ1v) is 6.88. The molecule has 0 unspecified atom stereocenters. The van der Waals surface area contributed by atoms with Gasteiger partial charge in [0.05, 0.1) is 35.6 Å². The minimum absolute atomic E-state index is 0.489. The topological polar surface area (TPSA) is 65.9 Å². The van der Waals surface area contributed by atoms with Crippen LogP contribution in [0, 0.1) is 17.2 Å². The molecule has 0 spiro atoms. The molecule has 1 heterocycles. The highest BCUT2D eigenvalue weighted by Crippen LogP contribution is 2.31. The Hall–Kier alpha value is -2.28. The van der Waals surface area contributed by atoms with E-state index in [9.17, 15) is 0 Å². The van der Waals surface area contributed by atoms with Crippen LogP contribution in [0.15, 0.2) is 30.5 Å². The minimum atomic E-state index is 0.489. The Bertz CT molecular complexity index is 628. The first kappa shape index (κ1) is 14.1. The molecule has 0 bridgehead atoms. The standard InChI is InChI=1S/C16H20N4/c1-12(2)11-20(9-5-8-17)16-13-6-3-4-7-15(13)19-10-14(16)18/h3-4,6-7,10,12H,5,9,11,18H2,1-2H3. The van der Waals surface area contributed by atoms with Crippen molar-refractivity contribution in [3.63, 3.8) is 0 Å². The number of nitrogen functional groups attached to an aromatic ring is 1. The van der Waals surface area contributed by atoms with Crippen molar-refractivity contribution >= 4 is 22.3 Å². The molecule has 2 rings (SSSR count). The monoisotopic (exact) mass is 268 g/mol. The maximum absolute atomic E-state index is 8.86. The van der Waals surface area contributed by atoms with Crippen LogP contribution in [-0.4, -0.2) is 18.1 Å². The van der Waals surface area contributed by atoms with Gasteiger partial charge in [0.2, 0.25) is 0 Å². The van der Waals surface area contributed by atoms with Gasteiger partial charge in [-0.15, -0.1) is 0 Å². The second kappa shape index (κ2) is 6.25. The van der Waals surface area contributed by atoms with E-state index in [1.54, 1.807) is 6.20 Å². The van der Waals surface area contributed by atoms with E-state index in [4.69, 9.17) is 11.0 Å². The molecule has 0 aliphatic rings. The molecule has 104 valence electrons. The normalized spacial score (nSPS) is 10.7. The number of fused-ring (bicyclic) bond motifs is 1. The predicted octanol–water partition coefficient (Wildman–Crippen LogP) is 3.19. The van der Waals surface area contributed by atoms with E-state index in [1.165, 1.54) is 0 Å². The number of aromatic nitrogens is 1. The molecule has 20 heavy (non-hydrogen) atoms. The maximum atomic E-state index is 8.86. The smallest absolute Gasteiger partial charge is 0.0745 e. The average molecular weight is 268 g/mol. The Kier molecular flexibility index (Phi) is 4.41. The third kappa shape index (κ3) is 3.00. The molecule has 0 aliphatic carbocycles. The third-order valence-corrected chi connectivity index (χ3v) is 3.17. The van der Waals surface area contributed by atoms with Crippen LogP contribution in [0.5, 0.6) is 0 Å². The van der Waals surface area contributed by atoms with Crippen LogP contribution in [0.4, 0.5) is 11.4 Å². The fourth-order valence-electron chi connectivity index (χ4n) is 2.42. The molecule has 1 aromatic carbocycles. The van der Waals surface area contributed by atoms with Gasteiger partial charge in [0.25, 0.3) is 0 Å². The van der Waals surface area contributed by atoms with Gasteiger partial charge >= 0.3 is 0 Å². The zero-order valence-corrected chi connectivity index (χ0v) is 12.0. The molecular formula is C16H20N4. The van der Waals surface area contributed by atoms with Crippen LogP contribution in [0.1, 0.15) is 20.3 Å². The largest absolute Gasteiger partial charge is 0.396 e. The Morgan fingerprint density at radius 1 is 1.35 bits per heavy atom. The summed E-state index contributed by atoms with van der Waals surface area (Å²) in [5.74, 6) is 0.500. The van der Waals surface area contributed by atoms with Crippen LogP contribution in [-0.2, 0) is 0 Å². The van der Waals surface area contributed by atoms with Crippen LogP contribution in [0.25, 0.3) is 10.9 Å². The van der Waals surface area contributed by atoms with Gasteiger partial charge in [-0.3, -0.25) is 4.98 Å². The molecule has 0 atom stereocenters. The summed E-state index contributed by atoms with van der Waals surface area (Å²) < 4.78 is 0. The number of hydrogen-bond donors (Lipinski definition) is 1. The first-order valence-electron chi connectivity index (χ1n) is 6.88. The average Bonchev–Trinajstić information content (AvgIpc) is 2.43. The molecule has 4 heteroatoms. The van der Waals surface area contributed by atoms with E-state index in [0.29, 0.717) is 24.6 Å². The third-order valence-electron chi connectivity index (χ3n) is 3.17. The highest BCUT2D eigenvalue weighted by atomic mass is 15.1. The number of nitrogens with two attached hydrogens (primary N) is 1. The summed E-state index contributed by atoms with van der Waals surface area (Å²) in [6, 6.07) is 10.2. The number of nitrogens with zero attached hydrogens (tertiary/aromatic N) is 3. The lowest BCUT2D eigenvalue weighted by molar-refractivity contribution is 0.613. The van der Waals surface area contributed by atoms with Crippen LogP contribution >= 0.6 is 0 Å². The van der Waals surface area contributed by atoms with Gasteiger partial charge in [-0.25, -0.2) is 0 Å². The van der Waals surface area contributed by atoms with Crippen molar-refractivity contribution in [3.8, 4) is 6.07 Å². The van der Waals surface area contributed by atoms with Crippen molar-refractivity contribution < 1.29 is 0 Å². The molecule has 0 amide bonds. The zero-order chi connectivity index (χ0) is 14.5. The number of rotatable bonds is 5. The number of hydrogen-bond acceptors (Lipinski definition) is 4. The SMILES string of the molecule is CC(C)CN(CCC#N)c1c(N)cnc2ccccc12. The predicted molar refractivity (Wildman–Crippen MR) is 83.4 cm³/mol. The molecule has 0 fully saturated rings. The van der Waals surface area contributed by atoms with Gasteiger partial charge in [-0.1, -0.05) is 32.0 Å². The summed E-state index contributed by atoms with van der Waals surface area (Å²) in [4.78, 5) is 6.57. The highest BCUT2D eigenvalue weighted by molar-refractivity contribution is 5.97. The summed E-state index contributed by atoms with van der Waals surface area (Å²) in [7, 11) is 0. The van der Waals surface area contributed by atoms with E-state index in [1.807, 2.05) is 24.3 Å². The number of anilines is 2. The van der Waals surface area contributed by atoms with E-state index in [2.05, 4.69) is 29.8 Å². The van der Waals surface area contributed by atoms with Crippen molar-refractivity contribution in [2.24, 2.45) is 5.92 Å². The van der Waals surface area contributed by atoms with Crippen molar-refractivity contribution in [2.75, 3.05) is 23.7 Å². The summed E-state index contributed by atoms with van der Waals surface area (Å²) in [6.45, 7) is 5.89. The van der Waals surface area contributed by atoms with E-state index in [-0.39, 0.29) is 0 Å². The fourth-order valence-corrected chi connectivity index (χ4v) is 2.42. The van der Waals surface area contributed by atoms with E-state index < -0.39 is 0 Å². The summed E-state index contributed by atoms with van der Waals surface area (Å²) in [5, 5.41) is 9.91. The summed E-state index contributed by atoms with van der Waals surface area (Å²) >= 11 is 0. The van der Waals surface area contributed by atoms with Gasteiger partial charge in [-0.2, -0.15) is 5.26 Å². The lowest BCUT2D eigenvalue weighted by atomic mass is 10.1. The lowest BCUT2D eigenvalue weighted by Gasteiger charge is -2.28. The van der Waals surface area contributed by atoms with Crippen LogP contribution < -0.4 is 10.6 Å². The van der Waals surface area contributed by atoms with Crippen molar-refractivity contribution in [1.29, 1.82) is 5.26 Å². The molecule has 0 saturated carbocycles. The maximum Gasteiger partial charge on any atom is 0.0745 e. The quantitative estimate of drug-likeness (QED) is 0.904. The van der Waals surface area contributed by atoms with Crippen LogP contribution in [0.2, 0.25) is 0 Å². The van der Waals surface area contributed by atoms with Crippen molar-refractivity contribution in [2.45, 2.75) is 20.3 Å². The Balaban J connectivity index is 2.51.